The molecule has 1 heterocycles. The zero-order chi connectivity index (χ0) is 18.5. The molecule has 8 heteroatoms. The number of hydrogen-bond acceptors (Lipinski definition) is 4. The minimum Gasteiger partial charge on any atom is -0.346 e. The van der Waals surface area contributed by atoms with Crippen LogP contribution in [0.2, 0.25) is 5.02 Å². The Kier molecular flexibility index (Phi) is 6.03. The lowest BCUT2D eigenvalue weighted by Gasteiger charge is -2.36. The first-order chi connectivity index (χ1) is 12.5. The maximum absolute atomic E-state index is 10.7. The molecular weight excluding hydrogens is 372 g/mol. The monoisotopic (exact) mass is 390 g/mol. The fourth-order valence-corrected chi connectivity index (χ4v) is 3.25. The molecular formula is C18H19ClN4O2S. The molecule has 2 aromatic carbocycles. The summed E-state index contributed by atoms with van der Waals surface area (Å²) < 4.78 is 0. The van der Waals surface area contributed by atoms with E-state index in [2.05, 4.69) is 27.2 Å². The molecule has 1 aliphatic rings. The highest BCUT2D eigenvalue weighted by molar-refractivity contribution is 7.80. The molecule has 1 saturated heterocycles. The van der Waals surface area contributed by atoms with Crippen LogP contribution in [0.25, 0.3) is 0 Å². The normalized spacial score (nSPS) is 14.9. The van der Waals surface area contributed by atoms with E-state index in [9.17, 15) is 10.1 Å². The molecule has 1 aliphatic heterocycles. The van der Waals surface area contributed by atoms with E-state index in [1.807, 2.05) is 12.1 Å². The van der Waals surface area contributed by atoms with Crippen LogP contribution in [0.4, 0.5) is 11.4 Å². The number of nitrogens with one attached hydrogen (secondary N) is 1. The van der Waals surface area contributed by atoms with Gasteiger partial charge >= 0.3 is 0 Å². The number of anilines is 1. The molecule has 0 spiro atoms. The Morgan fingerprint density at radius 1 is 1.08 bits per heavy atom. The summed E-state index contributed by atoms with van der Waals surface area (Å²) in [5.74, 6) is 0. The second-order valence-corrected chi connectivity index (χ2v) is 6.95. The molecule has 0 aromatic heterocycles. The summed E-state index contributed by atoms with van der Waals surface area (Å²) in [4.78, 5) is 14.8. The van der Waals surface area contributed by atoms with Crippen LogP contribution in [0, 0.1) is 10.1 Å². The molecule has 2 aromatic rings. The Balaban J connectivity index is 1.48. The number of nitro groups is 1. The molecule has 26 heavy (non-hydrogen) atoms. The lowest BCUT2D eigenvalue weighted by molar-refractivity contribution is -0.384. The Morgan fingerprint density at radius 2 is 1.69 bits per heavy atom. The van der Waals surface area contributed by atoms with Crippen LogP contribution in [-0.4, -0.2) is 46.0 Å². The van der Waals surface area contributed by atoms with Crippen molar-refractivity contribution in [3.63, 3.8) is 0 Å². The number of benzene rings is 2. The first-order valence-corrected chi connectivity index (χ1v) is 9.07. The number of rotatable bonds is 4. The summed E-state index contributed by atoms with van der Waals surface area (Å²) >= 11 is 11.4. The van der Waals surface area contributed by atoms with Crippen molar-refractivity contribution >= 4 is 40.3 Å². The van der Waals surface area contributed by atoms with Crippen molar-refractivity contribution in [1.29, 1.82) is 0 Å². The Hall–Kier alpha value is -2.22. The van der Waals surface area contributed by atoms with Crippen molar-refractivity contribution in [1.82, 2.24) is 9.80 Å². The molecule has 6 nitrogen and oxygen atoms in total. The molecule has 0 radical (unpaired) electrons. The van der Waals surface area contributed by atoms with Crippen LogP contribution in [0.15, 0.2) is 48.5 Å². The number of halogens is 1. The lowest BCUT2D eigenvalue weighted by Crippen LogP contribution is -2.49. The highest BCUT2D eigenvalue weighted by atomic mass is 35.5. The van der Waals surface area contributed by atoms with Gasteiger partial charge in [-0.2, -0.15) is 0 Å². The Bertz CT molecular complexity index is 775. The van der Waals surface area contributed by atoms with Gasteiger partial charge in [0.25, 0.3) is 5.69 Å². The molecule has 1 fully saturated rings. The van der Waals surface area contributed by atoms with Gasteiger partial charge in [0.05, 0.1) is 4.92 Å². The molecule has 0 aliphatic carbocycles. The van der Waals surface area contributed by atoms with Gasteiger partial charge in [0.15, 0.2) is 5.11 Å². The molecule has 1 N–H and O–H groups in total. The van der Waals surface area contributed by atoms with Gasteiger partial charge in [-0.25, -0.2) is 0 Å². The van der Waals surface area contributed by atoms with Crippen LogP contribution < -0.4 is 5.32 Å². The van der Waals surface area contributed by atoms with Gasteiger partial charge < -0.3 is 10.2 Å². The topological polar surface area (TPSA) is 61.7 Å². The van der Waals surface area contributed by atoms with Gasteiger partial charge in [-0.1, -0.05) is 23.7 Å². The number of piperazine rings is 1. The minimum absolute atomic E-state index is 0.0669. The van der Waals surface area contributed by atoms with E-state index in [0.29, 0.717) is 5.11 Å². The SMILES string of the molecule is O=[N+]([O-])c1ccc(NC(=S)N2CCN(Cc3ccc(Cl)cc3)CC2)cc1. The van der Waals surface area contributed by atoms with E-state index >= 15 is 0 Å². The first-order valence-electron chi connectivity index (χ1n) is 8.28. The third kappa shape index (κ3) is 4.91. The lowest BCUT2D eigenvalue weighted by atomic mass is 10.2. The van der Waals surface area contributed by atoms with Crippen LogP contribution in [0.5, 0.6) is 0 Å². The van der Waals surface area contributed by atoms with E-state index in [1.54, 1.807) is 12.1 Å². The summed E-state index contributed by atoms with van der Waals surface area (Å²) in [6.45, 7) is 4.42. The highest BCUT2D eigenvalue weighted by Crippen LogP contribution is 2.17. The van der Waals surface area contributed by atoms with Crippen LogP contribution in [0.3, 0.4) is 0 Å². The van der Waals surface area contributed by atoms with E-state index in [-0.39, 0.29) is 5.69 Å². The van der Waals surface area contributed by atoms with Crippen LogP contribution in [0.1, 0.15) is 5.56 Å². The van der Waals surface area contributed by atoms with Crippen LogP contribution >= 0.6 is 23.8 Å². The number of nitro benzene ring substituents is 1. The maximum atomic E-state index is 10.7. The summed E-state index contributed by atoms with van der Waals surface area (Å²) in [6, 6.07) is 14.2. The van der Waals surface area contributed by atoms with Crippen molar-refractivity contribution in [3.8, 4) is 0 Å². The molecule has 0 bridgehead atoms. The molecule has 0 atom stereocenters. The molecule has 0 unspecified atom stereocenters. The van der Waals surface area contributed by atoms with Gasteiger partial charge in [0.1, 0.15) is 0 Å². The maximum Gasteiger partial charge on any atom is 0.269 e. The number of nitrogens with zero attached hydrogens (tertiary/aromatic N) is 3. The third-order valence-corrected chi connectivity index (χ3v) is 4.92. The first kappa shape index (κ1) is 18.6. The summed E-state index contributed by atoms with van der Waals surface area (Å²) in [5.41, 5.74) is 2.07. The van der Waals surface area contributed by atoms with E-state index < -0.39 is 4.92 Å². The largest absolute Gasteiger partial charge is 0.346 e. The summed E-state index contributed by atoms with van der Waals surface area (Å²) in [6.07, 6.45) is 0. The van der Waals surface area contributed by atoms with Crippen molar-refractivity contribution in [2.75, 3.05) is 31.5 Å². The van der Waals surface area contributed by atoms with Gasteiger partial charge in [0, 0.05) is 55.6 Å². The van der Waals surface area contributed by atoms with Gasteiger partial charge in [0.2, 0.25) is 0 Å². The summed E-state index contributed by atoms with van der Waals surface area (Å²) in [5, 5.41) is 15.2. The molecule has 136 valence electrons. The van der Waals surface area contributed by atoms with Crippen molar-refractivity contribution in [2.24, 2.45) is 0 Å². The van der Waals surface area contributed by atoms with E-state index in [1.165, 1.54) is 17.7 Å². The predicted octanol–water partition coefficient (Wildman–Crippen LogP) is 3.76. The molecule has 3 rings (SSSR count). The highest BCUT2D eigenvalue weighted by Gasteiger charge is 2.19. The van der Waals surface area contributed by atoms with Crippen LogP contribution in [-0.2, 0) is 6.54 Å². The smallest absolute Gasteiger partial charge is 0.269 e. The fourth-order valence-electron chi connectivity index (χ4n) is 2.83. The average molecular weight is 391 g/mol. The van der Waals surface area contributed by atoms with Crippen molar-refractivity contribution in [3.05, 3.63) is 69.2 Å². The quantitative estimate of drug-likeness (QED) is 0.487. The average Bonchev–Trinajstić information content (AvgIpc) is 2.64. The van der Waals surface area contributed by atoms with Crippen molar-refractivity contribution in [2.45, 2.75) is 6.54 Å². The Morgan fingerprint density at radius 3 is 2.27 bits per heavy atom. The standard InChI is InChI=1S/C18H19ClN4O2S/c19-15-3-1-14(2-4-15)13-21-9-11-22(12-10-21)18(26)20-16-5-7-17(8-6-16)23(24)25/h1-8H,9-13H2,(H,20,26). The second-order valence-electron chi connectivity index (χ2n) is 6.12. The zero-order valence-corrected chi connectivity index (χ0v) is 15.7. The number of thiocarbonyl (C=S) groups is 1. The van der Waals surface area contributed by atoms with Gasteiger partial charge in [-0.05, 0) is 42.0 Å². The molecule has 0 saturated carbocycles. The summed E-state index contributed by atoms with van der Waals surface area (Å²) in [7, 11) is 0. The fraction of sp³-hybridized carbons (Fsp3) is 0.278. The van der Waals surface area contributed by atoms with E-state index in [4.69, 9.17) is 23.8 Å². The predicted molar refractivity (Wildman–Crippen MR) is 108 cm³/mol. The second kappa shape index (κ2) is 8.44. The van der Waals surface area contributed by atoms with Gasteiger partial charge in [-0.15, -0.1) is 0 Å². The van der Waals surface area contributed by atoms with E-state index in [0.717, 1.165) is 43.4 Å². The molecule has 0 amide bonds. The number of hydrogen-bond donors (Lipinski definition) is 1. The zero-order valence-electron chi connectivity index (χ0n) is 14.1. The number of non-ortho nitro benzene ring substituents is 1. The Labute approximate surface area is 162 Å². The third-order valence-electron chi connectivity index (χ3n) is 4.31. The van der Waals surface area contributed by atoms with Gasteiger partial charge in [-0.3, -0.25) is 15.0 Å². The van der Waals surface area contributed by atoms with Crippen molar-refractivity contribution < 1.29 is 4.92 Å². The minimum atomic E-state index is -0.415.